The third-order valence-electron chi connectivity index (χ3n) is 2.14. The van der Waals surface area contributed by atoms with Gasteiger partial charge in [-0.25, -0.2) is 0 Å². The van der Waals surface area contributed by atoms with Crippen LogP contribution < -0.4 is 5.32 Å². The van der Waals surface area contributed by atoms with Crippen molar-refractivity contribution in [2.45, 2.75) is 6.04 Å². The average Bonchev–Trinajstić information content (AvgIpc) is 2.78. The van der Waals surface area contributed by atoms with Gasteiger partial charge in [0.1, 0.15) is 4.34 Å². The summed E-state index contributed by atoms with van der Waals surface area (Å²) in [5.41, 5.74) is 0. The zero-order valence-electron chi connectivity index (χ0n) is 8.26. The Bertz CT molecular complexity index is 475. The zero-order valence-corrected chi connectivity index (χ0v) is 13.8. The van der Waals surface area contributed by atoms with Crippen LogP contribution in [0.2, 0.25) is 4.34 Å². The van der Waals surface area contributed by atoms with Gasteiger partial charge in [0.05, 0.1) is 6.04 Å². The minimum Gasteiger partial charge on any atom is -0.308 e. The van der Waals surface area contributed by atoms with E-state index in [2.05, 4.69) is 54.7 Å². The minimum absolute atomic E-state index is 0.197. The molecule has 2 aromatic rings. The smallest absolute Gasteiger partial charge is 0.107 e. The maximum atomic E-state index is 6.07. The lowest BCUT2D eigenvalue weighted by molar-refractivity contribution is 0.713. The van der Waals surface area contributed by atoms with Gasteiger partial charge >= 0.3 is 0 Å². The molecule has 6 heteroatoms. The second-order valence-electron chi connectivity index (χ2n) is 3.12. The Morgan fingerprint density at radius 3 is 2.56 bits per heavy atom. The molecule has 0 fully saturated rings. The van der Waals surface area contributed by atoms with Crippen LogP contribution >= 0.6 is 66.1 Å². The van der Waals surface area contributed by atoms with E-state index < -0.39 is 0 Å². The van der Waals surface area contributed by atoms with E-state index in [9.17, 15) is 0 Å². The Morgan fingerprint density at radius 1 is 1.38 bits per heavy atom. The van der Waals surface area contributed by atoms with E-state index in [4.69, 9.17) is 11.6 Å². The number of hydrogen-bond donors (Lipinski definition) is 1. The van der Waals surface area contributed by atoms with E-state index in [-0.39, 0.29) is 6.04 Å². The summed E-state index contributed by atoms with van der Waals surface area (Å²) in [6.07, 6.45) is 0. The monoisotopic (exact) mass is 399 g/mol. The van der Waals surface area contributed by atoms with Crippen LogP contribution in [0.5, 0.6) is 0 Å². The van der Waals surface area contributed by atoms with Gasteiger partial charge in [-0.3, -0.25) is 0 Å². The van der Waals surface area contributed by atoms with Crippen molar-refractivity contribution < 1.29 is 0 Å². The molecule has 0 aliphatic heterocycles. The van der Waals surface area contributed by atoms with Gasteiger partial charge < -0.3 is 5.32 Å². The second-order valence-corrected chi connectivity index (χ2v) is 7.47. The van der Waals surface area contributed by atoms with Gasteiger partial charge in [0.25, 0.3) is 0 Å². The minimum atomic E-state index is 0.197. The van der Waals surface area contributed by atoms with Gasteiger partial charge in [-0.05, 0) is 56.4 Å². The van der Waals surface area contributed by atoms with E-state index in [0.29, 0.717) is 0 Å². The van der Waals surface area contributed by atoms with Crippen LogP contribution in [0.25, 0.3) is 0 Å². The standard InChI is InChI=1S/C10H8Br2ClNS2/c1-14-8(9-5(11)2-3-15-9)7-4-6(12)10(13)16-7/h2-4,8,14H,1H3. The van der Waals surface area contributed by atoms with Crippen LogP contribution in [0.1, 0.15) is 15.8 Å². The Hall–Kier alpha value is 0.610. The summed E-state index contributed by atoms with van der Waals surface area (Å²) in [4.78, 5) is 2.48. The van der Waals surface area contributed by atoms with Gasteiger partial charge in [0.2, 0.25) is 0 Å². The van der Waals surface area contributed by atoms with E-state index in [1.807, 2.05) is 7.05 Å². The normalized spacial score (nSPS) is 13.0. The summed E-state index contributed by atoms with van der Waals surface area (Å²) in [7, 11) is 1.96. The highest BCUT2D eigenvalue weighted by Crippen LogP contribution is 2.40. The third kappa shape index (κ3) is 2.54. The predicted octanol–water partition coefficient (Wildman–Crippen LogP) is 5.30. The fraction of sp³-hybridized carbons (Fsp3) is 0.200. The predicted molar refractivity (Wildman–Crippen MR) is 80.0 cm³/mol. The van der Waals surface area contributed by atoms with Crippen LogP contribution in [-0.4, -0.2) is 7.05 Å². The van der Waals surface area contributed by atoms with Crippen LogP contribution in [0, 0.1) is 0 Å². The molecule has 0 bridgehead atoms. The molecule has 16 heavy (non-hydrogen) atoms. The molecule has 0 amide bonds. The Kier molecular flexibility index (Phi) is 4.49. The van der Waals surface area contributed by atoms with E-state index in [0.717, 1.165) is 13.3 Å². The lowest BCUT2D eigenvalue weighted by atomic mass is 10.2. The molecular formula is C10H8Br2ClNS2. The maximum Gasteiger partial charge on any atom is 0.107 e. The summed E-state index contributed by atoms with van der Waals surface area (Å²) in [5, 5.41) is 5.39. The number of nitrogens with one attached hydrogen (secondary N) is 1. The van der Waals surface area contributed by atoms with Crippen molar-refractivity contribution in [2.75, 3.05) is 7.05 Å². The molecule has 0 aromatic carbocycles. The van der Waals surface area contributed by atoms with E-state index in [1.54, 1.807) is 22.7 Å². The van der Waals surface area contributed by atoms with Crippen molar-refractivity contribution in [3.05, 3.63) is 40.5 Å². The Balaban J connectivity index is 2.40. The van der Waals surface area contributed by atoms with Crippen molar-refractivity contribution in [1.82, 2.24) is 5.32 Å². The lowest BCUT2D eigenvalue weighted by Crippen LogP contribution is -2.15. The van der Waals surface area contributed by atoms with Crippen molar-refractivity contribution in [2.24, 2.45) is 0 Å². The molecule has 2 aromatic heterocycles. The highest BCUT2D eigenvalue weighted by atomic mass is 79.9. The molecule has 1 unspecified atom stereocenters. The quantitative estimate of drug-likeness (QED) is 0.736. The molecule has 0 saturated heterocycles. The summed E-state index contributed by atoms with van der Waals surface area (Å²) in [5.74, 6) is 0. The van der Waals surface area contributed by atoms with Gasteiger partial charge in [-0.1, -0.05) is 11.6 Å². The summed E-state index contributed by atoms with van der Waals surface area (Å²) in [6.45, 7) is 0. The number of rotatable bonds is 3. The molecule has 86 valence electrons. The largest absolute Gasteiger partial charge is 0.308 e. The summed E-state index contributed by atoms with van der Waals surface area (Å²) in [6, 6.07) is 4.33. The maximum absolute atomic E-state index is 6.07. The van der Waals surface area contributed by atoms with Gasteiger partial charge in [-0.15, -0.1) is 22.7 Å². The van der Waals surface area contributed by atoms with Gasteiger partial charge in [0, 0.05) is 18.7 Å². The molecule has 2 heterocycles. The summed E-state index contributed by atoms with van der Waals surface area (Å²) < 4.78 is 2.89. The van der Waals surface area contributed by atoms with E-state index in [1.165, 1.54) is 9.75 Å². The molecular weight excluding hydrogens is 394 g/mol. The Morgan fingerprint density at radius 2 is 2.12 bits per heavy atom. The fourth-order valence-electron chi connectivity index (χ4n) is 1.42. The molecule has 0 aliphatic rings. The molecule has 0 aliphatic carbocycles. The zero-order chi connectivity index (χ0) is 11.7. The molecule has 1 N–H and O–H groups in total. The first-order valence-electron chi connectivity index (χ1n) is 4.48. The van der Waals surface area contributed by atoms with Crippen molar-refractivity contribution >= 4 is 66.1 Å². The van der Waals surface area contributed by atoms with Crippen LogP contribution in [-0.2, 0) is 0 Å². The SMILES string of the molecule is CNC(c1cc(Br)c(Cl)s1)c1sccc1Br. The molecule has 1 nitrogen and oxygen atoms in total. The third-order valence-corrected chi connectivity index (χ3v) is 6.62. The molecule has 0 spiro atoms. The number of thiophene rings is 2. The van der Waals surface area contributed by atoms with Gasteiger partial charge in [0.15, 0.2) is 0 Å². The van der Waals surface area contributed by atoms with Gasteiger partial charge in [-0.2, -0.15) is 0 Å². The molecule has 1 atom stereocenters. The number of hydrogen-bond acceptors (Lipinski definition) is 3. The van der Waals surface area contributed by atoms with Crippen LogP contribution in [0.3, 0.4) is 0 Å². The van der Waals surface area contributed by atoms with E-state index >= 15 is 0 Å². The van der Waals surface area contributed by atoms with Crippen LogP contribution in [0.15, 0.2) is 26.5 Å². The highest BCUT2D eigenvalue weighted by molar-refractivity contribution is 9.11. The van der Waals surface area contributed by atoms with Crippen molar-refractivity contribution in [1.29, 1.82) is 0 Å². The first-order valence-corrected chi connectivity index (χ1v) is 8.14. The Labute approximate surface area is 124 Å². The number of halogens is 3. The second kappa shape index (κ2) is 5.50. The average molecular weight is 402 g/mol. The molecule has 0 radical (unpaired) electrons. The first kappa shape index (κ1) is 13.1. The lowest BCUT2D eigenvalue weighted by Gasteiger charge is -2.13. The first-order chi connectivity index (χ1) is 7.63. The van der Waals surface area contributed by atoms with Crippen LogP contribution in [0.4, 0.5) is 0 Å². The fourth-order valence-corrected chi connectivity index (χ4v) is 5.08. The van der Waals surface area contributed by atoms with Crippen molar-refractivity contribution in [3.8, 4) is 0 Å². The topological polar surface area (TPSA) is 12.0 Å². The molecule has 0 saturated carbocycles. The van der Waals surface area contributed by atoms with Crippen molar-refractivity contribution in [3.63, 3.8) is 0 Å². The highest BCUT2D eigenvalue weighted by Gasteiger charge is 2.19. The molecule has 2 rings (SSSR count). The summed E-state index contributed by atoms with van der Waals surface area (Å²) >= 11 is 16.4.